The summed E-state index contributed by atoms with van der Waals surface area (Å²) in [5, 5.41) is 7.99. The average molecular weight is 573 g/mol. The van der Waals surface area contributed by atoms with Crippen molar-refractivity contribution in [2.75, 3.05) is 18.4 Å². The molecule has 2 aromatic heterocycles. The number of H-pyrrole nitrogens is 1. The summed E-state index contributed by atoms with van der Waals surface area (Å²) in [5.74, 6) is 1.05. The van der Waals surface area contributed by atoms with Crippen molar-refractivity contribution in [1.82, 2.24) is 15.3 Å². The number of anilines is 1. The zero-order chi connectivity index (χ0) is 29.6. The number of pyridine rings is 1. The molecule has 0 bridgehead atoms. The first-order valence-corrected chi connectivity index (χ1v) is 17.2. The van der Waals surface area contributed by atoms with Crippen molar-refractivity contribution in [2.45, 2.75) is 135 Å². The van der Waals surface area contributed by atoms with Crippen LogP contribution in [0.4, 0.5) is 5.69 Å². The number of benzene rings is 1. The summed E-state index contributed by atoms with van der Waals surface area (Å²) in [6.07, 6.45) is 23.6. The van der Waals surface area contributed by atoms with Gasteiger partial charge in [-0.3, -0.25) is 9.78 Å². The van der Waals surface area contributed by atoms with E-state index in [1.807, 2.05) is 12.3 Å². The molecule has 0 aliphatic carbocycles. The van der Waals surface area contributed by atoms with Gasteiger partial charge in [0.1, 0.15) is 0 Å². The number of nitrogens with one attached hydrogen (secondary N) is 3. The van der Waals surface area contributed by atoms with Crippen molar-refractivity contribution < 1.29 is 4.79 Å². The molecule has 1 aliphatic rings. The van der Waals surface area contributed by atoms with Crippen molar-refractivity contribution in [1.29, 1.82) is 0 Å². The molecule has 3 aromatic rings. The first-order chi connectivity index (χ1) is 20.6. The van der Waals surface area contributed by atoms with Gasteiger partial charge in [-0.1, -0.05) is 104 Å². The smallest absolute Gasteiger partial charge is 0.224 e. The van der Waals surface area contributed by atoms with Crippen molar-refractivity contribution in [3.05, 3.63) is 47.8 Å². The number of hydrogen-bond acceptors (Lipinski definition) is 3. The molecule has 3 heterocycles. The predicted octanol–water partition coefficient (Wildman–Crippen LogP) is 10.2. The molecular weight excluding hydrogens is 516 g/mol. The second-order valence-corrected chi connectivity index (χ2v) is 12.9. The quantitative estimate of drug-likeness (QED) is 0.133. The normalized spacial score (nSPS) is 14.2. The number of piperidine rings is 1. The Hall–Kier alpha value is -2.66. The van der Waals surface area contributed by atoms with E-state index in [1.165, 1.54) is 100.0 Å². The van der Waals surface area contributed by atoms with Crippen LogP contribution >= 0.6 is 0 Å². The summed E-state index contributed by atoms with van der Waals surface area (Å²) in [5.41, 5.74) is 6.83. The highest BCUT2D eigenvalue weighted by Gasteiger charge is 2.21. The molecule has 42 heavy (non-hydrogen) atoms. The zero-order valence-corrected chi connectivity index (χ0v) is 26.7. The fourth-order valence-corrected chi connectivity index (χ4v) is 6.68. The Kier molecular flexibility index (Phi) is 13.4. The molecule has 230 valence electrons. The molecule has 0 saturated carbocycles. The monoisotopic (exact) mass is 572 g/mol. The van der Waals surface area contributed by atoms with Crippen molar-refractivity contribution in [3.63, 3.8) is 0 Å². The van der Waals surface area contributed by atoms with Crippen LogP contribution in [-0.2, 0) is 4.79 Å². The molecule has 1 amide bonds. The van der Waals surface area contributed by atoms with E-state index in [2.05, 4.69) is 59.6 Å². The van der Waals surface area contributed by atoms with Gasteiger partial charge in [0.15, 0.2) is 0 Å². The van der Waals surface area contributed by atoms with Gasteiger partial charge in [0.05, 0.1) is 17.6 Å². The molecule has 1 aliphatic heterocycles. The van der Waals surface area contributed by atoms with Crippen LogP contribution in [0.1, 0.15) is 146 Å². The molecule has 1 fully saturated rings. The molecule has 1 aromatic carbocycles. The van der Waals surface area contributed by atoms with Crippen LogP contribution in [0.2, 0.25) is 0 Å². The van der Waals surface area contributed by atoms with Gasteiger partial charge in [0, 0.05) is 29.1 Å². The lowest BCUT2D eigenvalue weighted by Crippen LogP contribution is -2.26. The Balaban J connectivity index is 1.28. The SMILES string of the molecule is CCCCCCCCCCCCCCCC(=O)Nc1cnccc1-c1[nH]c2ccc(C3CCNCC3)cc2c1C(C)C. The summed E-state index contributed by atoms with van der Waals surface area (Å²) in [6.45, 7) is 8.99. The molecule has 0 unspecified atom stereocenters. The number of aromatic nitrogens is 2. The lowest BCUT2D eigenvalue weighted by Gasteiger charge is -2.23. The lowest BCUT2D eigenvalue weighted by atomic mass is 9.88. The minimum absolute atomic E-state index is 0.0859. The lowest BCUT2D eigenvalue weighted by molar-refractivity contribution is -0.116. The highest BCUT2D eigenvalue weighted by molar-refractivity contribution is 5.98. The number of rotatable bonds is 18. The first kappa shape index (κ1) is 32.3. The minimum atomic E-state index is 0.0859. The molecule has 0 spiro atoms. The van der Waals surface area contributed by atoms with E-state index < -0.39 is 0 Å². The third kappa shape index (κ3) is 9.42. The van der Waals surface area contributed by atoms with E-state index in [4.69, 9.17) is 0 Å². The highest BCUT2D eigenvalue weighted by atomic mass is 16.1. The van der Waals surface area contributed by atoms with E-state index in [0.29, 0.717) is 18.3 Å². The van der Waals surface area contributed by atoms with E-state index in [1.54, 1.807) is 6.20 Å². The van der Waals surface area contributed by atoms with Crippen molar-refractivity contribution in [2.24, 2.45) is 0 Å². The van der Waals surface area contributed by atoms with Crippen LogP contribution < -0.4 is 10.6 Å². The number of unbranched alkanes of at least 4 members (excludes halogenated alkanes) is 12. The number of amides is 1. The standard InChI is InChI=1S/C37H56N4O/c1-4-5-6-7-8-9-10-11-12-13-14-15-16-17-35(42)40-34-27-39-25-22-31(34)37-36(28(2)3)32-26-30(18-19-33(32)41-37)29-20-23-38-24-21-29/h18-19,22,25-29,38,41H,4-17,20-21,23-24H2,1-3H3,(H,40,42). The van der Waals surface area contributed by atoms with Gasteiger partial charge in [-0.05, 0) is 73.5 Å². The Bertz CT molecular complexity index is 1220. The summed E-state index contributed by atoms with van der Waals surface area (Å²) in [7, 11) is 0. The van der Waals surface area contributed by atoms with Crippen LogP contribution in [0.3, 0.4) is 0 Å². The second-order valence-electron chi connectivity index (χ2n) is 12.9. The molecule has 3 N–H and O–H groups in total. The van der Waals surface area contributed by atoms with Gasteiger partial charge >= 0.3 is 0 Å². The van der Waals surface area contributed by atoms with Gasteiger partial charge < -0.3 is 15.6 Å². The highest BCUT2D eigenvalue weighted by Crippen LogP contribution is 2.40. The van der Waals surface area contributed by atoms with Gasteiger partial charge in [-0.15, -0.1) is 0 Å². The van der Waals surface area contributed by atoms with Crippen LogP contribution in [0.15, 0.2) is 36.7 Å². The van der Waals surface area contributed by atoms with Gasteiger partial charge in [-0.25, -0.2) is 0 Å². The number of carbonyl (C=O) groups is 1. The maximum Gasteiger partial charge on any atom is 0.224 e. The van der Waals surface area contributed by atoms with Crippen molar-refractivity contribution in [3.8, 4) is 11.3 Å². The molecular formula is C37H56N4O. The van der Waals surface area contributed by atoms with E-state index in [0.717, 1.165) is 48.4 Å². The molecule has 5 heteroatoms. The van der Waals surface area contributed by atoms with Crippen molar-refractivity contribution >= 4 is 22.5 Å². The van der Waals surface area contributed by atoms with Gasteiger partial charge in [0.25, 0.3) is 0 Å². The number of hydrogen-bond donors (Lipinski definition) is 3. The maximum absolute atomic E-state index is 13.0. The summed E-state index contributed by atoms with van der Waals surface area (Å²) in [4.78, 5) is 21.0. The topological polar surface area (TPSA) is 69.8 Å². The molecule has 0 atom stereocenters. The Labute approximate surface area is 255 Å². The third-order valence-electron chi connectivity index (χ3n) is 9.12. The van der Waals surface area contributed by atoms with Crippen LogP contribution in [0.5, 0.6) is 0 Å². The fourth-order valence-electron chi connectivity index (χ4n) is 6.68. The van der Waals surface area contributed by atoms with Crippen LogP contribution in [0.25, 0.3) is 22.2 Å². The van der Waals surface area contributed by atoms with Gasteiger partial charge in [0.2, 0.25) is 5.91 Å². The predicted molar refractivity (Wildman–Crippen MR) is 179 cm³/mol. The van der Waals surface area contributed by atoms with E-state index in [9.17, 15) is 4.79 Å². The number of carbonyl (C=O) groups excluding carboxylic acids is 1. The number of fused-ring (bicyclic) bond motifs is 1. The second kappa shape index (κ2) is 17.5. The van der Waals surface area contributed by atoms with Gasteiger partial charge in [-0.2, -0.15) is 0 Å². The zero-order valence-electron chi connectivity index (χ0n) is 26.7. The summed E-state index contributed by atoms with van der Waals surface area (Å²) >= 11 is 0. The molecule has 5 nitrogen and oxygen atoms in total. The number of aromatic amines is 1. The minimum Gasteiger partial charge on any atom is -0.354 e. The van der Waals surface area contributed by atoms with E-state index >= 15 is 0 Å². The molecule has 4 rings (SSSR count). The summed E-state index contributed by atoms with van der Waals surface area (Å²) in [6, 6.07) is 8.99. The Morgan fingerprint density at radius 2 is 1.55 bits per heavy atom. The van der Waals surface area contributed by atoms with Crippen LogP contribution in [-0.4, -0.2) is 29.0 Å². The Morgan fingerprint density at radius 3 is 2.19 bits per heavy atom. The first-order valence-electron chi connectivity index (χ1n) is 17.2. The molecule has 0 radical (unpaired) electrons. The van der Waals surface area contributed by atoms with E-state index in [-0.39, 0.29) is 5.91 Å². The molecule has 1 saturated heterocycles. The largest absolute Gasteiger partial charge is 0.354 e. The van der Waals surface area contributed by atoms with Crippen LogP contribution in [0, 0.1) is 0 Å². The third-order valence-corrected chi connectivity index (χ3v) is 9.12. The number of nitrogens with zero attached hydrogens (tertiary/aromatic N) is 1. The summed E-state index contributed by atoms with van der Waals surface area (Å²) < 4.78 is 0. The maximum atomic E-state index is 13.0. The average Bonchev–Trinajstić information content (AvgIpc) is 3.39. The Morgan fingerprint density at radius 1 is 0.905 bits per heavy atom. The fraction of sp³-hybridized carbons (Fsp3) is 0.622.